The van der Waals surface area contributed by atoms with Crippen LogP contribution in [0.4, 0.5) is 5.69 Å². The largest absolute Gasteiger partial charge is 0.497 e. The number of nitrogens with zero attached hydrogens (tertiary/aromatic N) is 1. The van der Waals surface area contributed by atoms with Crippen molar-refractivity contribution >= 4 is 39.8 Å². The average molecular weight is 372 g/mol. The zero-order valence-corrected chi connectivity index (χ0v) is 14.3. The molecule has 0 atom stereocenters. The normalized spacial score (nSPS) is 10.8. The molecule has 0 aromatic heterocycles. The lowest BCUT2D eigenvalue weighted by molar-refractivity contribution is -0.157. The van der Waals surface area contributed by atoms with Crippen LogP contribution in [0.3, 0.4) is 0 Å². The first kappa shape index (κ1) is 18.2. The van der Waals surface area contributed by atoms with Gasteiger partial charge in [-0.1, -0.05) is 0 Å². The van der Waals surface area contributed by atoms with Crippen LogP contribution in [0, 0.1) is 5.92 Å². The monoisotopic (exact) mass is 371 g/mol. The fourth-order valence-electron chi connectivity index (χ4n) is 1.56. The summed E-state index contributed by atoms with van der Waals surface area (Å²) in [4.78, 5) is 27.8. The van der Waals surface area contributed by atoms with Gasteiger partial charge in [-0.25, -0.2) is 0 Å². The first-order valence-corrected chi connectivity index (χ1v) is 7.53. The summed E-state index contributed by atoms with van der Waals surface area (Å²) >= 11 is 3.34. The molecular weight excluding hydrogens is 354 g/mol. The van der Waals surface area contributed by atoms with Gasteiger partial charge in [-0.3, -0.25) is 14.6 Å². The Bertz CT molecular complexity index is 541. The molecule has 1 aromatic rings. The zero-order valence-electron chi connectivity index (χ0n) is 12.7. The number of benzene rings is 1. The Morgan fingerprint density at radius 1 is 1.23 bits per heavy atom. The van der Waals surface area contributed by atoms with Crippen LogP contribution in [0.1, 0.15) is 13.8 Å². The number of halogens is 1. The summed E-state index contributed by atoms with van der Waals surface area (Å²) in [5, 5.41) is 0. The highest BCUT2D eigenvalue weighted by molar-refractivity contribution is 9.10. The molecule has 0 bridgehead atoms. The summed E-state index contributed by atoms with van der Waals surface area (Å²) in [6, 6.07) is 5.19. The molecule has 0 unspecified atom stereocenters. The van der Waals surface area contributed by atoms with E-state index in [0.29, 0.717) is 15.9 Å². The minimum Gasteiger partial charge on any atom is -0.497 e. The van der Waals surface area contributed by atoms with Gasteiger partial charge < -0.3 is 14.2 Å². The van der Waals surface area contributed by atoms with Crippen molar-refractivity contribution in [3.63, 3.8) is 0 Å². The molecule has 0 amide bonds. The number of carbonyl (C=O) groups excluding carboxylic acids is 2. The van der Waals surface area contributed by atoms with E-state index >= 15 is 0 Å². The second-order valence-corrected chi connectivity index (χ2v) is 4.93. The first-order valence-electron chi connectivity index (χ1n) is 6.74. The van der Waals surface area contributed by atoms with Crippen molar-refractivity contribution in [3.8, 4) is 5.75 Å². The van der Waals surface area contributed by atoms with Gasteiger partial charge in [0.15, 0.2) is 5.92 Å². The van der Waals surface area contributed by atoms with Crippen LogP contribution in [0.25, 0.3) is 0 Å². The van der Waals surface area contributed by atoms with Gasteiger partial charge in [-0.15, -0.1) is 0 Å². The van der Waals surface area contributed by atoms with Crippen molar-refractivity contribution in [2.24, 2.45) is 10.9 Å². The molecular formula is C15H18BrNO5. The van der Waals surface area contributed by atoms with E-state index in [1.807, 2.05) is 0 Å². The van der Waals surface area contributed by atoms with Crippen molar-refractivity contribution in [1.29, 1.82) is 0 Å². The maximum absolute atomic E-state index is 11.8. The minimum atomic E-state index is -1.20. The molecule has 0 heterocycles. The van der Waals surface area contributed by atoms with E-state index in [4.69, 9.17) is 14.2 Å². The van der Waals surface area contributed by atoms with Gasteiger partial charge in [0.05, 0.1) is 26.0 Å². The third-order valence-electron chi connectivity index (χ3n) is 2.60. The number of hydrogen-bond acceptors (Lipinski definition) is 6. The van der Waals surface area contributed by atoms with Gasteiger partial charge in [-0.2, -0.15) is 0 Å². The van der Waals surface area contributed by atoms with Crippen LogP contribution >= 0.6 is 15.9 Å². The molecule has 0 aliphatic rings. The molecule has 0 saturated heterocycles. The molecule has 0 aliphatic carbocycles. The molecule has 0 N–H and O–H groups in total. The SMILES string of the molecule is CCOC(=O)C(C=Nc1cc(OC)ccc1Br)C(=O)OCC. The predicted molar refractivity (Wildman–Crippen MR) is 85.6 cm³/mol. The Balaban J connectivity index is 3.02. The Morgan fingerprint density at radius 3 is 2.32 bits per heavy atom. The number of carbonyl (C=O) groups is 2. The van der Waals surface area contributed by atoms with Crippen LogP contribution in [-0.2, 0) is 19.1 Å². The molecule has 1 rings (SSSR count). The fraction of sp³-hybridized carbons (Fsp3) is 0.400. The van der Waals surface area contributed by atoms with E-state index in [-0.39, 0.29) is 13.2 Å². The van der Waals surface area contributed by atoms with E-state index in [9.17, 15) is 9.59 Å². The lowest BCUT2D eigenvalue weighted by atomic mass is 10.1. The molecule has 0 radical (unpaired) electrons. The summed E-state index contributed by atoms with van der Waals surface area (Å²) in [5.74, 6) is -1.97. The maximum Gasteiger partial charge on any atom is 0.325 e. The number of methoxy groups -OCH3 is 1. The summed E-state index contributed by atoms with van der Waals surface area (Å²) in [5.41, 5.74) is 0.526. The van der Waals surface area contributed by atoms with Crippen LogP contribution in [0.2, 0.25) is 0 Å². The zero-order chi connectivity index (χ0) is 16.5. The maximum atomic E-state index is 11.8. The van der Waals surface area contributed by atoms with E-state index in [1.165, 1.54) is 13.3 Å². The Labute approximate surface area is 137 Å². The number of aliphatic imine (C=N–C) groups is 1. The molecule has 120 valence electrons. The van der Waals surface area contributed by atoms with Crippen molar-refractivity contribution in [2.45, 2.75) is 13.8 Å². The predicted octanol–water partition coefficient (Wildman–Crippen LogP) is 2.90. The topological polar surface area (TPSA) is 74.2 Å². The van der Waals surface area contributed by atoms with Crippen molar-refractivity contribution < 1.29 is 23.8 Å². The van der Waals surface area contributed by atoms with E-state index < -0.39 is 17.9 Å². The second-order valence-electron chi connectivity index (χ2n) is 4.08. The average Bonchev–Trinajstić information content (AvgIpc) is 2.49. The molecule has 0 saturated carbocycles. The summed E-state index contributed by atoms with van der Waals surface area (Å²) < 4.78 is 15.6. The summed E-state index contributed by atoms with van der Waals surface area (Å²) in [7, 11) is 1.54. The van der Waals surface area contributed by atoms with Gasteiger partial charge in [0.25, 0.3) is 0 Å². The molecule has 1 aromatic carbocycles. The highest BCUT2D eigenvalue weighted by Crippen LogP contribution is 2.29. The smallest absolute Gasteiger partial charge is 0.325 e. The van der Waals surface area contributed by atoms with E-state index in [2.05, 4.69) is 20.9 Å². The lowest BCUT2D eigenvalue weighted by Crippen LogP contribution is -2.29. The van der Waals surface area contributed by atoms with Gasteiger partial charge in [0.1, 0.15) is 5.75 Å². The number of esters is 2. The molecule has 0 spiro atoms. The van der Waals surface area contributed by atoms with E-state index in [0.717, 1.165) is 0 Å². The Morgan fingerprint density at radius 2 is 1.82 bits per heavy atom. The lowest BCUT2D eigenvalue weighted by Gasteiger charge is -2.10. The van der Waals surface area contributed by atoms with Crippen LogP contribution in [0.5, 0.6) is 5.75 Å². The van der Waals surface area contributed by atoms with Crippen molar-refractivity contribution in [3.05, 3.63) is 22.7 Å². The number of ether oxygens (including phenoxy) is 3. The van der Waals surface area contributed by atoms with Crippen molar-refractivity contribution in [2.75, 3.05) is 20.3 Å². The molecule has 0 fully saturated rings. The van der Waals surface area contributed by atoms with Gasteiger partial charge in [0.2, 0.25) is 0 Å². The van der Waals surface area contributed by atoms with Gasteiger partial charge >= 0.3 is 11.9 Å². The third-order valence-corrected chi connectivity index (χ3v) is 3.27. The third kappa shape index (κ3) is 5.14. The fourth-order valence-corrected chi connectivity index (χ4v) is 1.90. The summed E-state index contributed by atoms with van der Waals surface area (Å²) in [6.45, 7) is 3.67. The highest BCUT2D eigenvalue weighted by Gasteiger charge is 2.27. The van der Waals surface area contributed by atoms with Gasteiger partial charge in [0, 0.05) is 16.8 Å². The Kier molecular flexibility index (Phi) is 7.59. The first-order chi connectivity index (χ1) is 10.5. The summed E-state index contributed by atoms with van der Waals surface area (Å²) in [6.07, 6.45) is 1.22. The highest BCUT2D eigenvalue weighted by atomic mass is 79.9. The molecule has 22 heavy (non-hydrogen) atoms. The molecule has 0 aliphatic heterocycles. The molecule has 7 heteroatoms. The van der Waals surface area contributed by atoms with Crippen LogP contribution < -0.4 is 4.74 Å². The van der Waals surface area contributed by atoms with E-state index in [1.54, 1.807) is 32.0 Å². The Hall–Kier alpha value is -1.89. The standard InChI is InChI=1S/C15H18BrNO5/c1-4-21-14(18)11(15(19)22-5-2)9-17-13-8-10(20-3)6-7-12(13)16/h6-9,11H,4-5H2,1-3H3. The number of hydrogen-bond donors (Lipinski definition) is 0. The van der Waals surface area contributed by atoms with Crippen LogP contribution in [0.15, 0.2) is 27.7 Å². The number of rotatable bonds is 7. The van der Waals surface area contributed by atoms with Crippen molar-refractivity contribution in [1.82, 2.24) is 0 Å². The van der Waals surface area contributed by atoms with Crippen LogP contribution in [-0.4, -0.2) is 38.5 Å². The van der Waals surface area contributed by atoms with Gasteiger partial charge in [-0.05, 0) is 41.9 Å². The minimum absolute atomic E-state index is 0.172. The quantitative estimate of drug-likeness (QED) is 0.418. The molecule has 6 nitrogen and oxygen atoms in total. The second kappa shape index (κ2) is 9.19.